The molecule has 0 unspecified atom stereocenters. The van der Waals surface area contributed by atoms with Crippen molar-refractivity contribution in [1.29, 1.82) is 5.26 Å². The zero-order valence-electron chi connectivity index (χ0n) is 14.8. The standard InChI is InChI=1S/C21H21N3O/c1-4-9-25-18-7-5-16(6-8-18)12-17(13-22)21-23-19-10-14(2)15(3)11-20(19)24-21/h5-8,10-12H,4,9H2,1-3H3,(H,23,24)/b17-12-. The van der Waals surface area contributed by atoms with Crippen LogP contribution in [0, 0.1) is 25.2 Å². The Labute approximate surface area is 147 Å². The van der Waals surface area contributed by atoms with E-state index in [-0.39, 0.29) is 0 Å². The molecule has 3 aromatic rings. The third-order valence-corrected chi connectivity index (χ3v) is 4.14. The zero-order valence-corrected chi connectivity index (χ0v) is 14.8. The first-order valence-corrected chi connectivity index (χ1v) is 8.42. The van der Waals surface area contributed by atoms with Crippen molar-refractivity contribution in [2.45, 2.75) is 27.2 Å². The lowest BCUT2D eigenvalue weighted by Gasteiger charge is -2.04. The van der Waals surface area contributed by atoms with Crippen LogP contribution in [-0.4, -0.2) is 16.6 Å². The number of aromatic nitrogens is 2. The fraction of sp³-hybridized carbons (Fsp3) is 0.238. The Morgan fingerprint density at radius 1 is 1.20 bits per heavy atom. The van der Waals surface area contributed by atoms with Crippen molar-refractivity contribution in [1.82, 2.24) is 9.97 Å². The highest BCUT2D eigenvalue weighted by Crippen LogP contribution is 2.22. The smallest absolute Gasteiger partial charge is 0.149 e. The molecule has 0 radical (unpaired) electrons. The van der Waals surface area contributed by atoms with E-state index in [1.54, 1.807) is 0 Å². The van der Waals surface area contributed by atoms with E-state index in [4.69, 9.17) is 4.74 Å². The van der Waals surface area contributed by atoms with Gasteiger partial charge in [0.2, 0.25) is 0 Å². The van der Waals surface area contributed by atoms with E-state index in [9.17, 15) is 5.26 Å². The van der Waals surface area contributed by atoms with Crippen LogP contribution in [0.1, 0.15) is 35.9 Å². The maximum Gasteiger partial charge on any atom is 0.149 e. The fourth-order valence-electron chi connectivity index (χ4n) is 2.60. The van der Waals surface area contributed by atoms with Gasteiger partial charge in [-0.2, -0.15) is 5.26 Å². The van der Waals surface area contributed by atoms with Gasteiger partial charge in [0, 0.05) is 0 Å². The molecule has 2 aromatic carbocycles. The number of nitriles is 1. The average molecular weight is 331 g/mol. The van der Waals surface area contributed by atoms with Crippen molar-refractivity contribution in [2.75, 3.05) is 6.61 Å². The Hall–Kier alpha value is -3.06. The monoisotopic (exact) mass is 331 g/mol. The molecule has 0 saturated carbocycles. The molecule has 0 aliphatic carbocycles. The van der Waals surface area contributed by atoms with Gasteiger partial charge in [-0.05, 0) is 67.3 Å². The zero-order chi connectivity index (χ0) is 17.8. The third-order valence-electron chi connectivity index (χ3n) is 4.14. The minimum Gasteiger partial charge on any atom is -0.494 e. The van der Waals surface area contributed by atoms with E-state index in [1.165, 1.54) is 11.1 Å². The van der Waals surface area contributed by atoms with Gasteiger partial charge in [-0.1, -0.05) is 19.1 Å². The number of allylic oxidation sites excluding steroid dienone is 1. The summed E-state index contributed by atoms with van der Waals surface area (Å²) >= 11 is 0. The molecule has 1 aromatic heterocycles. The molecule has 126 valence electrons. The fourth-order valence-corrected chi connectivity index (χ4v) is 2.60. The molecular formula is C21H21N3O. The van der Waals surface area contributed by atoms with Crippen molar-refractivity contribution in [2.24, 2.45) is 0 Å². The molecule has 0 aliphatic heterocycles. The van der Waals surface area contributed by atoms with E-state index in [2.05, 4.69) is 42.9 Å². The second kappa shape index (κ2) is 7.23. The lowest BCUT2D eigenvalue weighted by atomic mass is 10.1. The van der Waals surface area contributed by atoms with E-state index in [1.807, 2.05) is 36.4 Å². The number of aromatic amines is 1. The molecule has 0 saturated heterocycles. The first kappa shape index (κ1) is 16.8. The summed E-state index contributed by atoms with van der Waals surface area (Å²) in [6, 6.07) is 14.1. The number of H-pyrrole nitrogens is 1. The van der Waals surface area contributed by atoms with Crippen molar-refractivity contribution < 1.29 is 4.74 Å². The van der Waals surface area contributed by atoms with Gasteiger partial charge in [0.15, 0.2) is 0 Å². The van der Waals surface area contributed by atoms with Crippen molar-refractivity contribution in [3.8, 4) is 11.8 Å². The number of hydrogen-bond acceptors (Lipinski definition) is 3. The molecule has 3 rings (SSSR count). The molecule has 0 aliphatic rings. The van der Waals surface area contributed by atoms with Gasteiger partial charge in [0.25, 0.3) is 0 Å². The molecule has 0 bridgehead atoms. The third kappa shape index (κ3) is 3.72. The summed E-state index contributed by atoms with van der Waals surface area (Å²) < 4.78 is 5.58. The molecule has 4 nitrogen and oxygen atoms in total. The quantitative estimate of drug-likeness (QED) is 0.667. The molecule has 0 amide bonds. The highest BCUT2D eigenvalue weighted by molar-refractivity contribution is 5.90. The van der Waals surface area contributed by atoms with Crippen LogP contribution in [0.15, 0.2) is 36.4 Å². The van der Waals surface area contributed by atoms with Crippen LogP contribution in [0.4, 0.5) is 0 Å². The van der Waals surface area contributed by atoms with Gasteiger partial charge in [-0.3, -0.25) is 0 Å². The van der Waals surface area contributed by atoms with E-state index in [0.29, 0.717) is 18.0 Å². The molecule has 0 fully saturated rings. The van der Waals surface area contributed by atoms with Crippen LogP contribution in [0.3, 0.4) is 0 Å². The Bertz CT molecular complexity index is 920. The van der Waals surface area contributed by atoms with Crippen LogP contribution < -0.4 is 4.74 Å². The van der Waals surface area contributed by atoms with E-state index < -0.39 is 0 Å². The molecule has 1 heterocycles. The number of nitrogens with zero attached hydrogens (tertiary/aromatic N) is 2. The van der Waals surface area contributed by atoms with Crippen molar-refractivity contribution >= 4 is 22.7 Å². The number of imidazole rings is 1. The van der Waals surface area contributed by atoms with Crippen LogP contribution in [0.25, 0.3) is 22.7 Å². The number of hydrogen-bond donors (Lipinski definition) is 1. The minimum atomic E-state index is 0.508. The molecule has 0 spiro atoms. The number of ether oxygens (including phenoxy) is 1. The van der Waals surface area contributed by atoms with Crippen LogP contribution in [0.5, 0.6) is 5.75 Å². The number of aryl methyl sites for hydroxylation is 2. The first-order chi connectivity index (χ1) is 12.1. The number of fused-ring (bicyclic) bond motifs is 1. The Morgan fingerprint density at radius 2 is 1.92 bits per heavy atom. The van der Waals surface area contributed by atoms with Crippen molar-refractivity contribution in [3.63, 3.8) is 0 Å². The Kier molecular flexibility index (Phi) is 4.85. The lowest BCUT2D eigenvalue weighted by Crippen LogP contribution is -1.94. The van der Waals surface area contributed by atoms with Crippen LogP contribution in [-0.2, 0) is 0 Å². The molecule has 1 N–H and O–H groups in total. The molecule has 4 heteroatoms. The lowest BCUT2D eigenvalue weighted by molar-refractivity contribution is 0.317. The second-order valence-electron chi connectivity index (χ2n) is 6.13. The molecular weight excluding hydrogens is 310 g/mol. The molecule has 25 heavy (non-hydrogen) atoms. The summed E-state index contributed by atoms with van der Waals surface area (Å²) in [4.78, 5) is 7.82. The maximum atomic E-state index is 9.54. The SMILES string of the molecule is CCCOc1ccc(/C=C(/C#N)c2nc3cc(C)c(C)cc3[nH]2)cc1. The van der Waals surface area contributed by atoms with Crippen LogP contribution in [0.2, 0.25) is 0 Å². The predicted molar refractivity (Wildman–Crippen MR) is 101 cm³/mol. The van der Waals surface area contributed by atoms with E-state index >= 15 is 0 Å². The second-order valence-corrected chi connectivity index (χ2v) is 6.13. The van der Waals surface area contributed by atoms with Gasteiger partial charge in [0.05, 0.1) is 23.2 Å². The molecule has 0 atom stereocenters. The van der Waals surface area contributed by atoms with Crippen LogP contribution >= 0.6 is 0 Å². The van der Waals surface area contributed by atoms with Gasteiger partial charge < -0.3 is 9.72 Å². The summed E-state index contributed by atoms with van der Waals surface area (Å²) in [7, 11) is 0. The number of nitrogens with one attached hydrogen (secondary N) is 1. The van der Waals surface area contributed by atoms with Gasteiger partial charge in [0.1, 0.15) is 17.6 Å². The number of rotatable bonds is 5. The first-order valence-electron chi connectivity index (χ1n) is 8.42. The summed E-state index contributed by atoms with van der Waals surface area (Å²) in [5.74, 6) is 1.43. The highest BCUT2D eigenvalue weighted by Gasteiger charge is 2.09. The summed E-state index contributed by atoms with van der Waals surface area (Å²) in [6.07, 6.45) is 2.81. The van der Waals surface area contributed by atoms with E-state index in [0.717, 1.165) is 28.8 Å². The largest absolute Gasteiger partial charge is 0.494 e. The normalized spacial score (nSPS) is 11.5. The Morgan fingerprint density at radius 3 is 2.60 bits per heavy atom. The number of benzene rings is 2. The minimum absolute atomic E-state index is 0.508. The van der Waals surface area contributed by atoms with Crippen molar-refractivity contribution in [3.05, 3.63) is 58.9 Å². The summed E-state index contributed by atoms with van der Waals surface area (Å²) in [6.45, 7) is 6.91. The van der Waals surface area contributed by atoms with Gasteiger partial charge in [-0.25, -0.2) is 4.98 Å². The highest BCUT2D eigenvalue weighted by atomic mass is 16.5. The predicted octanol–water partition coefficient (Wildman–Crippen LogP) is 5.03. The van der Waals surface area contributed by atoms with Gasteiger partial charge in [-0.15, -0.1) is 0 Å². The van der Waals surface area contributed by atoms with Gasteiger partial charge >= 0.3 is 0 Å². The Balaban J connectivity index is 1.91. The maximum absolute atomic E-state index is 9.54. The summed E-state index contributed by atoms with van der Waals surface area (Å²) in [5, 5.41) is 9.54. The summed E-state index contributed by atoms with van der Waals surface area (Å²) in [5.41, 5.74) is 5.66. The topological polar surface area (TPSA) is 61.7 Å². The average Bonchev–Trinajstić information content (AvgIpc) is 3.01.